The van der Waals surface area contributed by atoms with Crippen LogP contribution in [-0.2, 0) is 4.79 Å². The number of para-hydroxylation sites is 1. The number of hydrogen-bond donors (Lipinski definition) is 1. The molecule has 5 heteroatoms. The van der Waals surface area contributed by atoms with E-state index >= 15 is 0 Å². The van der Waals surface area contributed by atoms with Gasteiger partial charge in [-0.05, 0) is 42.6 Å². The summed E-state index contributed by atoms with van der Waals surface area (Å²) in [7, 11) is 1.80. The molecule has 1 aromatic carbocycles. The zero-order chi connectivity index (χ0) is 14.1. The molecule has 100 valence electrons. The van der Waals surface area contributed by atoms with Crippen molar-refractivity contribution in [3.63, 3.8) is 0 Å². The molecule has 1 aromatic heterocycles. The molecule has 0 spiro atoms. The van der Waals surface area contributed by atoms with Gasteiger partial charge in [-0.15, -0.1) is 0 Å². The molecular weight excluding hydrogens is 270 g/mol. The molecule has 1 N–H and O–H groups in total. The monoisotopic (exact) mass is 283 g/mol. The predicted octanol–water partition coefficient (Wildman–Crippen LogP) is 2.62. The van der Waals surface area contributed by atoms with Crippen molar-refractivity contribution in [3.8, 4) is 0 Å². The van der Waals surface area contributed by atoms with E-state index in [1.165, 1.54) is 0 Å². The number of thiocarbonyl (C=S) groups is 1. The molecule has 0 bridgehead atoms. The lowest BCUT2D eigenvalue weighted by Gasteiger charge is -2.16. The minimum Gasteiger partial charge on any atom is -0.362 e. The molecular formula is C15H13N3OS. The highest BCUT2D eigenvalue weighted by Gasteiger charge is 2.36. The number of amides is 1. The fourth-order valence-electron chi connectivity index (χ4n) is 2.14. The van der Waals surface area contributed by atoms with Gasteiger partial charge >= 0.3 is 0 Å². The largest absolute Gasteiger partial charge is 0.362 e. The lowest BCUT2D eigenvalue weighted by molar-refractivity contribution is -0.114. The van der Waals surface area contributed by atoms with Gasteiger partial charge < -0.3 is 9.88 Å². The standard InChI is InChI=1S/C15H13N3OS/c1-17-13(10-11-6-5-9-16-11)14(19)18(15(17)20)12-7-3-2-4-8-12/h2-10,16H,1H3/b13-10-. The number of aromatic amines is 1. The van der Waals surface area contributed by atoms with Crippen LogP contribution in [-0.4, -0.2) is 28.0 Å². The minimum absolute atomic E-state index is 0.113. The molecule has 2 aromatic rings. The van der Waals surface area contributed by atoms with Crippen molar-refractivity contribution in [2.24, 2.45) is 0 Å². The molecule has 0 saturated carbocycles. The quantitative estimate of drug-likeness (QED) is 0.680. The van der Waals surface area contributed by atoms with E-state index in [1.54, 1.807) is 22.9 Å². The van der Waals surface area contributed by atoms with Crippen LogP contribution in [0.15, 0.2) is 54.4 Å². The zero-order valence-electron chi connectivity index (χ0n) is 10.9. The van der Waals surface area contributed by atoms with Crippen LogP contribution in [0, 0.1) is 0 Å². The number of nitrogens with zero attached hydrogens (tertiary/aromatic N) is 2. The Hall–Kier alpha value is -2.40. The molecule has 20 heavy (non-hydrogen) atoms. The molecule has 1 aliphatic rings. The minimum atomic E-state index is -0.113. The van der Waals surface area contributed by atoms with Crippen LogP contribution in [0.2, 0.25) is 0 Å². The zero-order valence-corrected chi connectivity index (χ0v) is 11.7. The van der Waals surface area contributed by atoms with E-state index in [0.717, 1.165) is 11.4 Å². The Balaban J connectivity index is 2.01. The van der Waals surface area contributed by atoms with Crippen molar-refractivity contribution in [2.75, 3.05) is 11.9 Å². The van der Waals surface area contributed by atoms with Gasteiger partial charge in [-0.3, -0.25) is 9.69 Å². The first-order valence-electron chi connectivity index (χ1n) is 6.21. The predicted molar refractivity (Wildman–Crippen MR) is 83.1 cm³/mol. The summed E-state index contributed by atoms with van der Waals surface area (Å²) in [6, 6.07) is 13.2. The Morgan fingerprint density at radius 1 is 1.15 bits per heavy atom. The highest BCUT2D eigenvalue weighted by Crippen LogP contribution is 2.27. The van der Waals surface area contributed by atoms with Gasteiger partial charge in [-0.1, -0.05) is 18.2 Å². The first kappa shape index (κ1) is 12.6. The van der Waals surface area contributed by atoms with E-state index in [9.17, 15) is 4.79 Å². The Morgan fingerprint density at radius 2 is 1.90 bits per heavy atom. The fraction of sp³-hybridized carbons (Fsp3) is 0.0667. The number of nitrogens with one attached hydrogen (secondary N) is 1. The van der Waals surface area contributed by atoms with E-state index in [0.29, 0.717) is 10.8 Å². The average molecular weight is 283 g/mol. The number of H-pyrrole nitrogens is 1. The normalized spacial score (nSPS) is 17.4. The van der Waals surface area contributed by atoms with Crippen LogP contribution in [0.25, 0.3) is 6.08 Å². The van der Waals surface area contributed by atoms with E-state index in [4.69, 9.17) is 12.2 Å². The number of rotatable bonds is 2. The Morgan fingerprint density at radius 3 is 2.55 bits per heavy atom. The maximum Gasteiger partial charge on any atom is 0.281 e. The van der Waals surface area contributed by atoms with Crippen molar-refractivity contribution in [3.05, 3.63) is 60.1 Å². The second-order valence-electron chi connectivity index (χ2n) is 4.47. The second kappa shape index (κ2) is 4.94. The molecule has 0 radical (unpaired) electrons. The van der Waals surface area contributed by atoms with Gasteiger partial charge in [0.2, 0.25) is 0 Å². The van der Waals surface area contributed by atoms with Crippen LogP contribution < -0.4 is 4.90 Å². The van der Waals surface area contributed by atoms with Crippen molar-refractivity contribution in [1.29, 1.82) is 0 Å². The third kappa shape index (κ3) is 2.02. The van der Waals surface area contributed by atoms with Gasteiger partial charge in [-0.25, -0.2) is 0 Å². The van der Waals surface area contributed by atoms with Crippen molar-refractivity contribution >= 4 is 35.0 Å². The van der Waals surface area contributed by atoms with Gasteiger partial charge in [0.15, 0.2) is 5.11 Å². The molecule has 0 atom stereocenters. The number of likely N-dealkylation sites (N-methyl/N-ethyl adjacent to an activating group) is 1. The number of hydrogen-bond acceptors (Lipinski definition) is 2. The highest BCUT2D eigenvalue weighted by atomic mass is 32.1. The molecule has 1 fully saturated rings. The van der Waals surface area contributed by atoms with E-state index in [2.05, 4.69) is 4.98 Å². The maximum atomic E-state index is 12.6. The highest BCUT2D eigenvalue weighted by molar-refractivity contribution is 7.80. The summed E-state index contributed by atoms with van der Waals surface area (Å²) in [5.74, 6) is -0.113. The average Bonchev–Trinajstić information content (AvgIpc) is 3.04. The van der Waals surface area contributed by atoms with Crippen LogP contribution in [0.3, 0.4) is 0 Å². The van der Waals surface area contributed by atoms with Crippen LogP contribution in [0.4, 0.5) is 5.69 Å². The first-order chi connectivity index (χ1) is 9.68. The number of anilines is 1. The third-order valence-electron chi connectivity index (χ3n) is 3.19. The number of aromatic nitrogens is 1. The van der Waals surface area contributed by atoms with E-state index in [1.807, 2.05) is 48.7 Å². The van der Waals surface area contributed by atoms with Crippen molar-refractivity contribution in [2.45, 2.75) is 0 Å². The Labute approximate surface area is 122 Å². The number of carbonyl (C=O) groups excluding carboxylic acids is 1. The molecule has 0 unspecified atom stereocenters. The van der Waals surface area contributed by atoms with Crippen LogP contribution in [0.1, 0.15) is 5.69 Å². The number of benzene rings is 1. The summed E-state index contributed by atoms with van der Waals surface area (Å²) in [5, 5.41) is 0.485. The third-order valence-corrected chi connectivity index (χ3v) is 3.65. The molecule has 1 aliphatic heterocycles. The molecule has 0 aliphatic carbocycles. The Bertz CT molecular complexity index is 676. The summed E-state index contributed by atoms with van der Waals surface area (Å²) in [4.78, 5) is 18.9. The van der Waals surface area contributed by atoms with Crippen LogP contribution in [0.5, 0.6) is 0 Å². The molecule has 2 heterocycles. The second-order valence-corrected chi connectivity index (χ2v) is 4.84. The maximum absolute atomic E-state index is 12.6. The smallest absolute Gasteiger partial charge is 0.281 e. The SMILES string of the molecule is CN1C(=S)N(c2ccccc2)C(=O)/C1=C/c1ccc[nH]1. The van der Waals surface area contributed by atoms with Gasteiger partial charge in [0, 0.05) is 18.9 Å². The molecule has 1 amide bonds. The number of carbonyl (C=O) groups is 1. The summed E-state index contributed by atoms with van der Waals surface area (Å²) in [6.45, 7) is 0. The summed E-state index contributed by atoms with van der Waals surface area (Å²) >= 11 is 5.37. The lowest BCUT2D eigenvalue weighted by Crippen LogP contribution is -2.30. The van der Waals surface area contributed by atoms with Gasteiger partial charge in [0.05, 0.1) is 5.69 Å². The van der Waals surface area contributed by atoms with Gasteiger partial charge in [0.25, 0.3) is 5.91 Å². The molecule has 4 nitrogen and oxygen atoms in total. The topological polar surface area (TPSA) is 39.3 Å². The van der Waals surface area contributed by atoms with E-state index < -0.39 is 0 Å². The molecule has 1 saturated heterocycles. The van der Waals surface area contributed by atoms with Crippen molar-refractivity contribution in [1.82, 2.24) is 9.88 Å². The summed E-state index contributed by atoms with van der Waals surface area (Å²) in [5.41, 5.74) is 2.21. The van der Waals surface area contributed by atoms with Crippen LogP contribution >= 0.6 is 12.2 Å². The van der Waals surface area contributed by atoms with E-state index in [-0.39, 0.29) is 5.91 Å². The summed E-state index contributed by atoms with van der Waals surface area (Å²) < 4.78 is 0. The van der Waals surface area contributed by atoms with Gasteiger partial charge in [0.1, 0.15) is 5.70 Å². The Kier molecular flexibility index (Phi) is 3.12. The van der Waals surface area contributed by atoms with Gasteiger partial charge in [-0.2, -0.15) is 0 Å². The first-order valence-corrected chi connectivity index (χ1v) is 6.61. The lowest BCUT2D eigenvalue weighted by atomic mass is 10.2. The van der Waals surface area contributed by atoms with Crippen molar-refractivity contribution < 1.29 is 4.79 Å². The fourth-order valence-corrected chi connectivity index (χ4v) is 2.43. The summed E-state index contributed by atoms with van der Waals surface area (Å²) in [6.07, 6.45) is 3.62. The molecule has 3 rings (SSSR count).